The van der Waals surface area contributed by atoms with E-state index in [2.05, 4.69) is 0 Å². The number of hydrogen-bond donors (Lipinski definition) is 1. The minimum Gasteiger partial charge on any atom is -0.329 e. The van der Waals surface area contributed by atoms with Crippen LogP contribution in [0.4, 0.5) is 4.39 Å². The summed E-state index contributed by atoms with van der Waals surface area (Å²) in [5, 5.41) is 0. The first-order valence-corrected chi connectivity index (χ1v) is 6.06. The zero-order chi connectivity index (χ0) is 12.5. The van der Waals surface area contributed by atoms with Crippen molar-refractivity contribution in [2.75, 3.05) is 6.54 Å². The summed E-state index contributed by atoms with van der Waals surface area (Å²) < 4.78 is 13.1. The van der Waals surface area contributed by atoms with Gasteiger partial charge in [-0.1, -0.05) is 12.5 Å². The maximum absolute atomic E-state index is 13.1. The number of ketones is 1. The van der Waals surface area contributed by atoms with E-state index in [0.717, 1.165) is 30.4 Å². The second kappa shape index (κ2) is 4.57. The second-order valence-electron chi connectivity index (χ2n) is 5.01. The zero-order valence-corrected chi connectivity index (χ0v) is 10.1. The summed E-state index contributed by atoms with van der Waals surface area (Å²) in [4.78, 5) is 12.2. The molecule has 1 saturated carbocycles. The fourth-order valence-electron chi connectivity index (χ4n) is 2.39. The summed E-state index contributed by atoms with van der Waals surface area (Å²) in [6.07, 6.45) is 3.15. The number of carbonyl (C=O) groups is 1. The van der Waals surface area contributed by atoms with E-state index in [0.29, 0.717) is 13.0 Å². The Balaban J connectivity index is 2.15. The Morgan fingerprint density at radius 1 is 1.47 bits per heavy atom. The average Bonchev–Trinajstić information content (AvgIpc) is 2.23. The third kappa shape index (κ3) is 2.25. The molecule has 0 atom stereocenters. The summed E-state index contributed by atoms with van der Waals surface area (Å²) in [6.45, 7) is 2.32. The molecular weight excluding hydrogens is 217 g/mol. The van der Waals surface area contributed by atoms with Crippen LogP contribution in [0.15, 0.2) is 18.2 Å². The Hall–Kier alpha value is -1.22. The van der Waals surface area contributed by atoms with Crippen LogP contribution in [0.25, 0.3) is 0 Å². The van der Waals surface area contributed by atoms with E-state index in [-0.39, 0.29) is 17.0 Å². The molecule has 0 heterocycles. The van der Waals surface area contributed by atoms with Gasteiger partial charge < -0.3 is 5.73 Å². The number of Topliss-reactive ketones (excluding diaryl/α,β-unsaturated/α-hetero) is 1. The highest BCUT2D eigenvalue weighted by Gasteiger charge is 2.42. The Kier molecular flexibility index (Phi) is 3.29. The van der Waals surface area contributed by atoms with E-state index < -0.39 is 0 Å². The summed E-state index contributed by atoms with van der Waals surface area (Å²) in [7, 11) is 0. The fraction of sp³-hybridized carbons (Fsp3) is 0.500. The van der Waals surface area contributed by atoms with E-state index in [4.69, 9.17) is 5.73 Å². The van der Waals surface area contributed by atoms with Crippen LogP contribution in [-0.4, -0.2) is 12.3 Å². The Morgan fingerprint density at radius 3 is 2.71 bits per heavy atom. The smallest absolute Gasteiger partial charge is 0.144 e. The van der Waals surface area contributed by atoms with Crippen LogP contribution in [0.1, 0.15) is 30.4 Å². The molecule has 0 amide bonds. The lowest BCUT2D eigenvalue weighted by Crippen LogP contribution is -2.45. The molecule has 92 valence electrons. The first kappa shape index (κ1) is 12.2. The third-order valence-corrected chi connectivity index (χ3v) is 3.96. The van der Waals surface area contributed by atoms with Crippen molar-refractivity contribution < 1.29 is 9.18 Å². The largest absolute Gasteiger partial charge is 0.329 e. The molecule has 3 heteroatoms. The van der Waals surface area contributed by atoms with Gasteiger partial charge in [0.2, 0.25) is 0 Å². The van der Waals surface area contributed by atoms with E-state index >= 15 is 0 Å². The topological polar surface area (TPSA) is 43.1 Å². The molecule has 2 nitrogen and oxygen atoms in total. The molecule has 1 aliphatic carbocycles. The highest BCUT2D eigenvalue weighted by atomic mass is 19.1. The standard InChI is InChI=1S/C14H18FNO/c1-10-3-4-12(15)7-11(10)8-13(17)14(9-16)5-2-6-14/h3-4,7H,2,5-6,8-9,16H2,1H3. The van der Waals surface area contributed by atoms with Crippen molar-refractivity contribution in [3.8, 4) is 0 Å². The summed E-state index contributed by atoms with van der Waals surface area (Å²) in [5.74, 6) is -0.117. The van der Waals surface area contributed by atoms with Gasteiger partial charge in [0.15, 0.2) is 0 Å². The normalized spacial score (nSPS) is 17.6. The highest BCUT2D eigenvalue weighted by molar-refractivity contribution is 5.88. The Labute approximate surface area is 101 Å². The van der Waals surface area contributed by atoms with Crippen molar-refractivity contribution in [1.29, 1.82) is 0 Å². The van der Waals surface area contributed by atoms with Crippen molar-refractivity contribution in [2.45, 2.75) is 32.6 Å². The minimum atomic E-state index is -0.321. The molecule has 1 aliphatic rings. The van der Waals surface area contributed by atoms with Gasteiger partial charge in [-0.15, -0.1) is 0 Å². The number of carbonyl (C=O) groups excluding carboxylic acids is 1. The Bertz CT molecular complexity index is 432. The maximum atomic E-state index is 13.1. The molecule has 0 radical (unpaired) electrons. The van der Waals surface area contributed by atoms with Gasteiger partial charge in [0, 0.05) is 18.4 Å². The maximum Gasteiger partial charge on any atom is 0.144 e. The number of nitrogens with two attached hydrogens (primary N) is 1. The molecule has 0 aromatic heterocycles. The molecule has 1 fully saturated rings. The van der Waals surface area contributed by atoms with Gasteiger partial charge in [-0.3, -0.25) is 4.79 Å². The van der Waals surface area contributed by atoms with Crippen molar-refractivity contribution in [2.24, 2.45) is 11.1 Å². The summed E-state index contributed by atoms with van der Waals surface area (Å²) in [5.41, 5.74) is 7.13. The molecule has 1 aromatic rings. The Morgan fingerprint density at radius 2 is 2.18 bits per heavy atom. The lowest BCUT2D eigenvalue weighted by molar-refractivity contribution is -0.132. The lowest BCUT2D eigenvalue weighted by Gasteiger charge is -2.39. The fourth-order valence-corrected chi connectivity index (χ4v) is 2.39. The molecule has 0 saturated heterocycles. The van der Waals surface area contributed by atoms with Crippen LogP contribution in [0.2, 0.25) is 0 Å². The summed E-state index contributed by atoms with van der Waals surface area (Å²) in [6, 6.07) is 4.59. The summed E-state index contributed by atoms with van der Waals surface area (Å²) >= 11 is 0. The molecule has 0 bridgehead atoms. The van der Waals surface area contributed by atoms with Gasteiger partial charge in [-0.25, -0.2) is 4.39 Å². The van der Waals surface area contributed by atoms with E-state index in [9.17, 15) is 9.18 Å². The first-order chi connectivity index (χ1) is 8.07. The number of aryl methyl sites for hydroxylation is 1. The molecular formula is C14H18FNO. The molecule has 0 unspecified atom stereocenters. The van der Waals surface area contributed by atoms with Gasteiger partial charge in [-0.2, -0.15) is 0 Å². The van der Waals surface area contributed by atoms with Crippen molar-refractivity contribution in [3.63, 3.8) is 0 Å². The van der Waals surface area contributed by atoms with Crippen LogP contribution < -0.4 is 5.73 Å². The molecule has 2 N–H and O–H groups in total. The van der Waals surface area contributed by atoms with E-state index in [1.54, 1.807) is 6.07 Å². The van der Waals surface area contributed by atoms with Gasteiger partial charge >= 0.3 is 0 Å². The van der Waals surface area contributed by atoms with Gasteiger partial charge in [0.05, 0.1) is 0 Å². The van der Waals surface area contributed by atoms with Crippen molar-refractivity contribution in [3.05, 3.63) is 35.1 Å². The first-order valence-electron chi connectivity index (χ1n) is 6.06. The SMILES string of the molecule is Cc1ccc(F)cc1CC(=O)C1(CN)CCC1. The second-order valence-corrected chi connectivity index (χ2v) is 5.01. The molecule has 0 spiro atoms. The minimum absolute atomic E-state index is 0.167. The molecule has 17 heavy (non-hydrogen) atoms. The van der Waals surface area contributed by atoms with Crippen LogP contribution >= 0.6 is 0 Å². The van der Waals surface area contributed by atoms with Crippen LogP contribution in [-0.2, 0) is 11.2 Å². The average molecular weight is 235 g/mol. The van der Waals surface area contributed by atoms with Gasteiger partial charge in [0.1, 0.15) is 11.6 Å². The van der Waals surface area contributed by atoms with Crippen molar-refractivity contribution in [1.82, 2.24) is 0 Å². The van der Waals surface area contributed by atoms with E-state index in [1.165, 1.54) is 12.1 Å². The van der Waals surface area contributed by atoms with Crippen LogP contribution in [0, 0.1) is 18.2 Å². The predicted octanol–water partition coefficient (Wildman–Crippen LogP) is 2.37. The zero-order valence-electron chi connectivity index (χ0n) is 10.1. The lowest BCUT2D eigenvalue weighted by atomic mass is 9.65. The third-order valence-electron chi connectivity index (χ3n) is 3.96. The van der Waals surface area contributed by atoms with Gasteiger partial charge in [-0.05, 0) is 43.0 Å². The number of benzene rings is 1. The van der Waals surface area contributed by atoms with Crippen LogP contribution in [0.3, 0.4) is 0 Å². The highest BCUT2D eigenvalue weighted by Crippen LogP contribution is 2.41. The molecule has 0 aliphatic heterocycles. The molecule has 1 aromatic carbocycles. The van der Waals surface area contributed by atoms with Gasteiger partial charge in [0.25, 0.3) is 0 Å². The quantitative estimate of drug-likeness (QED) is 0.870. The monoisotopic (exact) mass is 235 g/mol. The van der Waals surface area contributed by atoms with Crippen molar-refractivity contribution >= 4 is 5.78 Å². The number of halogens is 1. The molecule has 2 rings (SSSR count). The van der Waals surface area contributed by atoms with E-state index in [1.807, 2.05) is 6.92 Å². The predicted molar refractivity (Wildman–Crippen MR) is 65.2 cm³/mol. The van der Waals surface area contributed by atoms with Crippen LogP contribution in [0.5, 0.6) is 0 Å². The number of rotatable bonds is 4. The number of hydrogen-bond acceptors (Lipinski definition) is 2.